The minimum absolute atomic E-state index is 0.661. The number of piperazine rings is 1. The third-order valence-corrected chi connectivity index (χ3v) is 4.11. The van der Waals surface area contributed by atoms with Crippen LogP contribution < -0.4 is 5.32 Å². The SMILES string of the molecule is CCC(C)C1CN(Cc2cccc(C)c2)CCN1. The van der Waals surface area contributed by atoms with Crippen LogP contribution in [0.1, 0.15) is 31.4 Å². The number of nitrogens with zero attached hydrogens (tertiary/aromatic N) is 1. The molecule has 0 aromatic heterocycles. The Balaban J connectivity index is 1.93. The lowest BCUT2D eigenvalue weighted by Gasteiger charge is -2.36. The van der Waals surface area contributed by atoms with Crippen molar-refractivity contribution in [3.63, 3.8) is 0 Å². The van der Waals surface area contributed by atoms with E-state index in [0.29, 0.717) is 6.04 Å². The van der Waals surface area contributed by atoms with Gasteiger partial charge in [-0.25, -0.2) is 0 Å². The Morgan fingerprint density at radius 1 is 1.44 bits per heavy atom. The highest BCUT2D eigenvalue weighted by molar-refractivity contribution is 5.22. The molecule has 1 aromatic carbocycles. The fourth-order valence-electron chi connectivity index (χ4n) is 2.72. The average Bonchev–Trinajstić information content (AvgIpc) is 2.38. The summed E-state index contributed by atoms with van der Waals surface area (Å²) in [6.07, 6.45) is 1.26. The van der Waals surface area contributed by atoms with Crippen molar-refractivity contribution in [2.24, 2.45) is 5.92 Å². The third kappa shape index (κ3) is 3.56. The van der Waals surface area contributed by atoms with Gasteiger partial charge in [0.1, 0.15) is 0 Å². The first-order valence-electron chi connectivity index (χ1n) is 7.20. The first-order valence-corrected chi connectivity index (χ1v) is 7.20. The molecule has 0 radical (unpaired) electrons. The molecule has 2 unspecified atom stereocenters. The Hall–Kier alpha value is -0.860. The van der Waals surface area contributed by atoms with Gasteiger partial charge in [-0.15, -0.1) is 0 Å². The number of hydrogen-bond acceptors (Lipinski definition) is 2. The summed E-state index contributed by atoms with van der Waals surface area (Å²) in [6.45, 7) is 11.4. The standard InChI is InChI=1S/C16H26N2/c1-4-14(3)16-12-18(9-8-17-16)11-15-7-5-6-13(2)10-15/h5-7,10,14,16-17H,4,8-9,11-12H2,1-3H3. The van der Waals surface area contributed by atoms with E-state index in [1.54, 1.807) is 0 Å². The summed E-state index contributed by atoms with van der Waals surface area (Å²) in [5, 5.41) is 3.66. The van der Waals surface area contributed by atoms with E-state index in [0.717, 1.165) is 19.0 Å². The van der Waals surface area contributed by atoms with Gasteiger partial charge < -0.3 is 5.32 Å². The predicted molar refractivity (Wildman–Crippen MR) is 77.7 cm³/mol. The highest BCUT2D eigenvalue weighted by Crippen LogP contribution is 2.15. The van der Waals surface area contributed by atoms with E-state index in [4.69, 9.17) is 0 Å². The molecule has 1 fully saturated rings. The lowest BCUT2D eigenvalue weighted by atomic mass is 9.97. The zero-order valence-electron chi connectivity index (χ0n) is 11.9. The zero-order chi connectivity index (χ0) is 13.0. The Labute approximate surface area is 111 Å². The van der Waals surface area contributed by atoms with E-state index < -0.39 is 0 Å². The van der Waals surface area contributed by atoms with Gasteiger partial charge in [-0.05, 0) is 18.4 Å². The average molecular weight is 246 g/mol. The summed E-state index contributed by atoms with van der Waals surface area (Å²) in [5.41, 5.74) is 2.81. The molecule has 1 aromatic rings. The molecule has 0 bridgehead atoms. The van der Waals surface area contributed by atoms with Gasteiger partial charge in [-0.3, -0.25) is 4.90 Å². The molecule has 100 valence electrons. The van der Waals surface area contributed by atoms with Gasteiger partial charge in [0.05, 0.1) is 0 Å². The van der Waals surface area contributed by atoms with Crippen LogP contribution in [-0.4, -0.2) is 30.6 Å². The number of nitrogens with one attached hydrogen (secondary N) is 1. The second kappa shape index (κ2) is 6.35. The number of benzene rings is 1. The smallest absolute Gasteiger partial charge is 0.0235 e. The molecule has 0 saturated carbocycles. The molecule has 1 aliphatic rings. The van der Waals surface area contributed by atoms with Gasteiger partial charge >= 0.3 is 0 Å². The minimum Gasteiger partial charge on any atom is -0.311 e. The van der Waals surface area contributed by atoms with Crippen LogP contribution in [0.4, 0.5) is 0 Å². The maximum Gasteiger partial charge on any atom is 0.0235 e. The van der Waals surface area contributed by atoms with Crippen LogP contribution in [0, 0.1) is 12.8 Å². The van der Waals surface area contributed by atoms with E-state index >= 15 is 0 Å². The van der Waals surface area contributed by atoms with Crippen molar-refractivity contribution in [1.29, 1.82) is 0 Å². The van der Waals surface area contributed by atoms with Crippen molar-refractivity contribution in [2.45, 2.75) is 39.8 Å². The molecule has 0 spiro atoms. The summed E-state index contributed by atoms with van der Waals surface area (Å²) in [4.78, 5) is 2.59. The monoisotopic (exact) mass is 246 g/mol. The molecular formula is C16H26N2. The van der Waals surface area contributed by atoms with Gasteiger partial charge in [0, 0.05) is 32.2 Å². The molecule has 1 heterocycles. The molecule has 2 nitrogen and oxygen atoms in total. The Morgan fingerprint density at radius 3 is 3.00 bits per heavy atom. The molecule has 18 heavy (non-hydrogen) atoms. The largest absolute Gasteiger partial charge is 0.311 e. The number of rotatable bonds is 4. The van der Waals surface area contributed by atoms with E-state index in [1.807, 2.05) is 0 Å². The Kier molecular flexibility index (Phi) is 4.79. The second-order valence-electron chi connectivity index (χ2n) is 5.67. The van der Waals surface area contributed by atoms with E-state index in [1.165, 1.54) is 30.6 Å². The topological polar surface area (TPSA) is 15.3 Å². The molecule has 0 amide bonds. The third-order valence-electron chi connectivity index (χ3n) is 4.11. The molecule has 0 aliphatic carbocycles. The van der Waals surface area contributed by atoms with Gasteiger partial charge in [0.25, 0.3) is 0 Å². The van der Waals surface area contributed by atoms with Crippen LogP contribution in [0.2, 0.25) is 0 Å². The molecule has 1 saturated heterocycles. The maximum atomic E-state index is 3.66. The second-order valence-corrected chi connectivity index (χ2v) is 5.67. The fraction of sp³-hybridized carbons (Fsp3) is 0.625. The molecule has 1 N–H and O–H groups in total. The molecule has 2 heteroatoms. The normalized spacial score (nSPS) is 22.9. The summed E-state index contributed by atoms with van der Waals surface area (Å²) in [5.74, 6) is 0.769. The van der Waals surface area contributed by atoms with Crippen LogP contribution >= 0.6 is 0 Å². The summed E-state index contributed by atoms with van der Waals surface area (Å²) in [6, 6.07) is 9.55. The first kappa shape index (κ1) is 13.6. The van der Waals surface area contributed by atoms with Crippen molar-refractivity contribution in [1.82, 2.24) is 10.2 Å². The zero-order valence-corrected chi connectivity index (χ0v) is 11.9. The highest BCUT2D eigenvalue weighted by Gasteiger charge is 2.22. The van der Waals surface area contributed by atoms with Crippen LogP contribution in [0.3, 0.4) is 0 Å². The van der Waals surface area contributed by atoms with Crippen molar-refractivity contribution in [3.05, 3.63) is 35.4 Å². The molecular weight excluding hydrogens is 220 g/mol. The Bertz CT molecular complexity index is 375. The number of hydrogen-bond donors (Lipinski definition) is 1. The highest BCUT2D eigenvalue weighted by atomic mass is 15.2. The van der Waals surface area contributed by atoms with Gasteiger partial charge in [-0.2, -0.15) is 0 Å². The predicted octanol–water partition coefficient (Wildman–Crippen LogP) is 2.81. The van der Waals surface area contributed by atoms with E-state index in [2.05, 4.69) is 55.3 Å². The maximum absolute atomic E-state index is 3.66. The van der Waals surface area contributed by atoms with Crippen LogP contribution in [0.5, 0.6) is 0 Å². The van der Waals surface area contributed by atoms with Crippen molar-refractivity contribution in [3.8, 4) is 0 Å². The quantitative estimate of drug-likeness (QED) is 0.879. The number of aryl methyl sites for hydroxylation is 1. The van der Waals surface area contributed by atoms with Crippen molar-refractivity contribution < 1.29 is 0 Å². The summed E-state index contributed by atoms with van der Waals surface area (Å²) < 4.78 is 0. The van der Waals surface area contributed by atoms with E-state index in [9.17, 15) is 0 Å². The first-order chi connectivity index (χ1) is 8.69. The minimum atomic E-state index is 0.661. The van der Waals surface area contributed by atoms with Crippen LogP contribution in [0.15, 0.2) is 24.3 Å². The molecule has 2 rings (SSSR count). The van der Waals surface area contributed by atoms with Crippen molar-refractivity contribution >= 4 is 0 Å². The lowest BCUT2D eigenvalue weighted by Crippen LogP contribution is -2.52. The van der Waals surface area contributed by atoms with Crippen LogP contribution in [0.25, 0.3) is 0 Å². The van der Waals surface area contributed by atoms with Crippen molar-refractivity contribution in [2.75, 3.05) is 19.6 Å². The van der Waals surface area contributed by atoms with E-state index in [-0.39, 0.29) is 0 Å². The van der Waals surface area contributed by atoms with Crippen LogP contribution in [-0.2, 0) is 6.54 Å². The molecule has 2 atom stereocenters. The summed E-state index contributed by atoms with van der Waals surface area (Å²) in [7, 11) is 0. The molecule has 1 aliphatic heterocycles. The van der Waals surface area contributed by atoms with Gasteiger partial charge in [0.2, 0.25) is 0 Å². The Morgan fingerprint density at radius 2 is 2.28 bits per heavy atom. The van der Waals surface area contributed by atoms with Gasteiger partial charge in [0.15, 0.2) is 0 Å². The lowest BCUT2D eigenvalue weighted by molar-refractivity contribution is 0.162. The fourth-order valence-corrected chi connectivity index (χ4v) is 2.72. The van der Waals surface area contributed by atoms with Gasteiger partial charge in [-0.1, -0.05) is 50.1 Å². The summed E-state index contributed by atoms with van der Waals surface area (Å²) >= 11 is 0.